The quantitative estimate of drug-likeness (QED) is 0.708. The SMILES string of the molecule is CCCNc1ncccc1S(=O)(=O)NC1CCC(=O)NC1. The van der Waals surface area contributed by atoms with Crippen LogP contribution in [0.2, 0.25) is 0 Å². The lowest BCUT2D eigenvalue weighted by Gasteiger charge is -2.23. The number of hydrogen-bond donors (Lipinski definition) is 3. The first kappa shape index (κ1) is 15.7. The van der Waals surface area contributed by atoms with Gasteiger partial charge in [0.15, 0.2) is 0 Å². The van der Waals surface area contributed by atoms with E-state index in [0.29, 0.717) is 31.7 Å². The number of piperidine rings is 1. The Morgan fingerprint density at radius 2 is 2.29 bits per heavy atom. The fraction of sp³-hybridized carbons (Fsp3) is 0.538. The number of amides is 1. The second-order valence-electron chi connectivity index (χ2n) is 4.94. The summed E-state index contributed by atoms with van der Waals surface area (Å²) in [7, 11) is -3.66. The molecule has 1 aliphatic heterocycles. The Labute approximate surface area is 124 Å². The maximum atomic E-state index is 12.5. The second kappa shape index (κ2) is 6.86. The highest BCUT2D eigenvalue weighted by atomic mass is 32.2. The van der Waals surface area contributed by atoms with Crippen LogP contribution in [0.15, 0.2) is 23.2 Å². The van der Waals surface area contributed by atoms with Crippen molar-refractivity contribution in [2.24, 2.45) is 0 Å². The van der Waals surface area contributed by atoms with Gasteiger partial charge < -0.3 is 10.6 Å². The van der Waals surface area contributed by atoms with Gasteiger partial charge in [0.25, 0.3) is 0 Å². The number of aromatic nitrogens is 1. The molecule has 0 aromatic carbocycles. The topological polar surface area (TPSA) is 100 Å². The van der Waals surface area contributed by atoms with Crippen molar-refractivity contribution in [1.82, 2.24) is 15.0 Å². The third-order valence-electron chi connectivity index (χ3n) is 3.19. The van der Waals surface area contributed by atoms with E-state index in [0.717, 1.165) is 6.42 Å². The summed E-state index contributed by atoms with van der Waals surface area (Å²) in [5, 5.41) is 5.67. The molecule has 1 saturated heterocycles. The van der Waals surface area contributed by atoms with E-state index >= 15 is 0 Å². The summed E-state index contributed by atoms with van der Waals surface area (Å²) in [6, 6.07) is 2.83. The minimum absolute atomic E-state index is 0.0443. The fourth-order valence-corrected chi connectivity index (χ4v) is 3.50. The third-order valence-corrected chi connectivity index (χ3v) is 4.74. The maximum Gasteiger partial charge on any atom is 0.244 e. The number of carbonyl (C=O) groups excluding carboxylic acids is 1. The van der Waals surface area contributed by atoms with E-state index < -0.39 is 10.0 Å². The van der Waals surface area contributed by atoms with E-state index in [4.69, 9.17) is 0 Å². The molecule has 1 aromatic heterocycles. The van der Waals surface area contributed by atoms with Crippen LogP contribution < -0.4 is 15.4 Å². The highest BCUT2D eigenvalue weighted by Crippen LogP contribution is 2.19. The van der Waals surface area contributed by atoms with Gasteiger partial charge in [-0.15, -0.1) is 0 Å². The minimum atomic E-state index is -3.66. The molecule has 3 N–H and O–H groups in total. The number of nitrogens with one attached hydrogen (secondary N) is 3. The van der Waals surface area contributed by atoms with E-state index in [9.17, 15) is 13.2 Å². The predicted octanol–water partition coefficient (Wildman–Crippen LogP) is 0.460. The van der Waals surface area contributed by atoms with Crippen LogP contribution in [0.25, 0.3) is 0 Å². The number of rotatable bonds is 6. The number of nitrogens with zero attached hydrogens (tertiary/aromatic N) is 1. The Morgan fingerprint density at radius 1 is 1.48 bits per heavy atom. The molecule has 0 aliphatic carbocycles. The summed E-state index contributed by atoms with van der Waals surface area (Å²) in [5.41, 5.74) is 0. The average molecular weight is 312 g/mol. The average Bonchev–Trinajstić information content (AvgIpc) is 2.47. The molecule has 2 heterocycles. The lowest BCUT2D eigenvalue weighted by molar-refractivity contribution is -0.122. The van der Waals surface area contributed by atoms with Crippen molar-refractivity contribution in [3.8, 4) is 0 Å². The number of pyridine rings is 1. The molecule has 2 rings (SSSR count). The summed E-state index contributed by atoms with van der Waals surface area (Å²) < 4.78 is 27.6. The second-order valence-corrected chi connectivity index (χ2v) is 6.62. The predicted molar refractivity (Wildman–Crippen MR) is 79.4 cm³/mol. The molecule has 1 amide bonds. The van der Waals surface area contributed by atoms with Gasteiger partial charge >= 0.3 is 0 Å². The molecule has 0 radical (unpaired) electrons. The molecule has 1 unspecified atom stereocenters. The summed E-state index contributed by atoms with van der Waals surface area (Å²) in [4.78, 5) is 15.3. The normalized spacial score (nSPS) is 19.1. The van der Waals surface area contributed by atoms with Crippen LogP contribution in [0.4, 0.5) is 5.82 Å². The molecule has 21 heavy (non-hydrogen) atoms. The molecular formula is C13H20N4O3S. The largest absolute Gasteiger partial charge is 0.369 e. The molecule has 1 aliphatic rings. The zero-order valence-corrected chi connectivity index (χ0v) is 12.7. The first-order chi connectivity index (χ1) is 10.0. The summed E-state index contributed by atoms with van der Waals surface area (Å²) in [6.45, 7) is 2.96. The Balaban J connectivity index is 2.13. The van der Waals surface area contributed by atoms with Gasteiger partial charge in [-0.3, -0.25) is 4.79 Å². The van der Waals surface area contributed by atoms with Gasteiger partial charge in [0.1, 0.15) is 10.7 Å². The summed E-state index contributed by atoms with van der Waals surface area (Å²) in [6.07, 6.45) is 3.26. The van der Waals surface area contributed by atoms with Crippen molar-refractivity contribution in [2.45, 2.75) is 37.1 Å². The van der Waals surface area contributed by atoms with E-state index in [-0.39, 0.29) is 16.8 Å². The first-order valence-electron chi connectivity index (χ1n) is 7.01. The van der Waals surface area contributed by atoms with E-state index in [1.54, 1.807) is 12.3 Å². The Morgan fingerprint density at radius 3 is 2.95 bits per heavy atom. The molecule has 1 aromatic rings. The van der Waals surface area contributed by atoms with Crippen molar-refractivity contribution < 1.29 is 13.2 Å². The van der Waals surface area contributed by atoms with Crippen molar-refractivity contribution in [1.29, 1.82) is 0 Å². The van der Waals surface area contributed by atoms with Gasteiger partial charge in [0, 0.05) is 31.7 Å². The zero-order chi connectivity index (χ0) is 15.3. The van der Waals surface area contributed by atoms with Crippen LogP contribution in [0, 0.1) is 0 Å². The van der Waals surface area contributed by atoms with Gasteiger partial charge in [-0.2, -0.15) is 0 Å². The van der Waals surface area contributed by atoms with Crippen molar-refractivity contribution >= 4 is 21.7 Å². The maximum absolute atomic E-state index is 12.5. The fourth-order valence-electron chi connectivity index (χ4n) is 2.10. The monoisotopic (exact) mass is 312 g/mol. The molecule has 116 valence electrons. The zero-order valence-electron chi connectivity index (χ0n) is 11.9. The number of hydrogen-bond acceptors (Lipinski definition) is 5. The third kappa shape index (κ3) is 4.15. The molecule has 1 fully saturated rings. The molecule has 0 saturated carbocycles. The Hall–Kier alpha value is -1.67. The van der Waals surface area contributed by atoms with Crippen LogP contribution in [0.3, 0.4) is 0 Å². The van der Waals surface area contributed by atoms with E-state index in [2.05, 4.69) is 20.3 Å². The van der Waals surface area contributed by atoms with Crippen LogP contribution in [-0.4, -0.2) is 38.4 Å². The summed E-state index contributed by atoms with van der Waals surface area (Å²) >= 11 is 0. The van der Waals surface area contributed by atoms with Crippen LogP contribution in [0.1, 0.15) is 26.2 Å². The van der Waals surface area contributed by atoms with Crippen molar-refractivity contribution in [2.75, 3.05) is 18.4 Å². The molecule has 1 atom stereocenters. The Bertz CT molecular complexity index is 593. The lowest BCUT2D eigenvalue weighted by Crippen LogP contribution is -2.47. The van der Waals surface area contributed by atoms with Gasteiger partial charge in [0.05, 0.1) is 0 Å². The van der Waals surface area contributed by atoms with E-state index in [1.807, 2.05) is 6.92 Å². The van der Waals surface area contributed by atoms with Gasteiger partial charge in [-0.1, -0.05) is 6.92 Å². The minimum Gasteiger partial charge on any atom is -0.369 e. The number of anilines is 1. The molecule has 0 spiro atoms. The molecular weight excluding hydrogens is 292 g/mol. The standard InChI is InChI=1S/C13H20N4O3S/c1-2-7-14-13-11(4-3-8-15-13)21(19,20)17-10-5-6-12(18)16-9-10/h3-4,8,10,17H,2,5-7,9H2,1H3,(H,14,15)(H,16,18). The van der Waals surface area contributed by atoms with Gasteiger partial charge in [-0.25, -0.2) is 18.1 Å². The van der Waals surface area contributed by atoms with Crippen molar-refractivity contribution in [3.63, 3.8) is 0 Å². The highest BCUT2D eigenvalue weighted by Gasteiger charge is 2.26. The van der Waals surface area contributed by atoms with Crippen LogP contribution in [-0.2, 0) is 14.8 Å². The lowest BCUT2D eigenvalue weighted by atomic mass is 10.1. The highest BCUT2D eigenvalue weighted by molar-refractivity contribution is 7.89. The number of sulfonamides is 1. The van der Waals surface area contributed by atoms with Crippen molar-refractivity contribution in [3.05, 3.63) is 18.3 Å². The van der Waals surface area contributed by atoms with Gasteiger partial charge in [-0.05, 0) is 25.0 Å². The van der Waals surface area contributed by atoms with E-state index in [1.165, 1.54) is 6.07 Å². The number of carbonyl (C=O) groups is 1. The van der Waals surface area contributed by atoms with Crippen LogP contribution >= 0.6 is 0 Å². The molecule has 0 bridgehead atoms. The van der Waals surface area contributed by atoms with Crippen LogP contribution in [0.5, 0.6) is 0 Å². The summed E-state index contributed by atoms with van der Waals surface area (Å²) in [5.74, 6) is 0.309. The molecule has 7 nitrogen and oxygen atoms in total. The first-order valence-corrected chi connectivity index (χ1v) is 8.49. The van der Waals surface area contributed by atoms with Gasteiger partial charge in [0.2, 0.25) is 15.9 Å². The molecule has 8 heteroatoms. The Kier molecular flexibility index (Phi) is 5.13. The smallest absolute Gasteiger partial charge is 0.244 e.